The molecule has 7 heteroatoms. The van der Waals surface area contributed by atoms with Gasteiger partial charge in [-0.05, 0) is 44.6 Å². The van der Waals surface area contributed by atoms with Crippen LogP contribution in [0.2, 0.25) is 5.02 Å². The Morgan fingerprint density at radius 2 is 2.20 bits per heavy atom. The zero-order valence-electron chi connectivity index (χ0n) is 11.7. The number of anilines is 1. The highest BCUT2D eigenvalue weighted by Gasteiger charge is 2.28. The normalized spacial score (nSPS) is 20.7. The molecule has 1 aromatic rings. The van der Waals surface area contributed by atoms with Gasteiger partial charge < -0.3 is 10.6 Å². The maximum atomic E-state index is 12.5. The van der Waals surface area contributed by atoms with E-state index in [1.165, 1.54) is 22.5 Å². The van der Waals surface area contributed by atoms with E-state index >= 15 is 0 Å². The third-order valence-corrected chi connectivity index (χ3v) is 5.97. The molecule has 0 spiro atoms. The number of halogens is 1. The van der Waals surface area contributed by atoms with Crippen molar-refractivity contribution in [2.24, 2.45) is 0 Å². The van der Waals surface area contributed by atoms with Gasteiger partial charge in [-0.2, -0.15) is 4.31 Å². The molecule has 0 aliphatic carbocycles. The summed E-state index contributed by atoms with van der Waals surface area (Å²) in [7, 11) is 0.106. The number of rotatable bonds is 4. The summed E-state index contributed by atoms with van der Waals surface area (Å²) in [5.74, 6) is 0. The van der Waals surface area contributed by atoms with Gasteiger partial charge in [-0.3, -0.25) is 0 Å². The molecule has 1 aliphatic heterocycles. The number of hydrogen-bond acceptors (Lipinski definition) is 4. The van der Waals surface area contributed by atoms with Gasteiger partial charge in [0.2, 0.25) is 10.0 Å². The largest absolute Gasteiger partial charge is 0.398 e. The number of nitrogens with two attached hydrogens (primary N) is 1. The summed E-state index contributed by atoms with van der Waals surface area (Å²) in [5.41, 5.74) is 5.99. The standard InChI is InChI=1S/C13H20ClN3O2S/c1-16-7-3-4-10(16)9-17(2)20(18,19)11-5-6-13(15)12(14)8-11/h5-6,8,10H,3-4,7,9,15H2,1-2H3. The van der Waals surface area contributed by atoms with Gasteiger partial charge in [0.1, 0.15) is 0 Å². The van der Waals surface area contributed by atoms with Crippen LogP contribution in [0.1, 0.15) is 12.8 Å². The summed E-state index contributed by atoms with van der Waals surface area (Å²) in [6.45, 7) is 1.51. The van der Waals surface area contributed by atoms with Gasteiger partial charge in [0, 0.05) is 19.6 Å². The Kier molecular flexibility index (Phi) is 4.59. The van der Waals surface area contributed by atoms with Gasteiger partial charge in [0.25, 0.3) is 0 Å². The molecule has 1 heterocycles. The van der Waals surface area contributed by atoms with Crippen LogP contribution in [0.25, 0.3) is 0 Å². The summed E-state index contributed by atoms with van der Waals surface area (Å²) in [6, 6.07) is 4.69. The van der Waals surface area contributed by atoms with Gasteiger partial charge in [0.05, 0.1) is 15.6 Å². The van der Waals surface area contributed by atoms with Crippen molar-refractivity contribution in [3.05, 3.63) is 23.2 Å². The minimum Gasteiger partial charge on any atom is -0.398 e. The van der Waals surface area contributed by atoms with Gasteiger partial charge in [-0.1, -0.05) is 11.6 Å². The lowest BCUT2D eigenvalue weighted by molar-refractivity contribution is 0.271. The summed E-state index contributed by atoms with van der Waals surface area (Å²) < 4.78 is 26.4. The minimum atomic E-state index is -3.52. The van der Waals surface area contributed by atoms with Gasteiger partial charge >= 0.3 is 0 Å². The number of likely N-dealkylation sites (N-methyl/N-ethyl adjacent to an activating group) is 2. The number of benzene rings is 1. The molecule has 1 aliphatic rings. The molecule has 112 valence electrons. The van der Waals surface area contributed by atoms with Crippen molar-refractivity contribution in [2.75, 3.05) is 32.9 Å². The van der Waals surface area contributed by atoms with Gasteiger partial charge in [-0.15, -0.1) is 0 Å². The van der Waals surface area contributed by atoms with Crippen molar-refractivity contribution in [1.29, 1.82) is 0 Å². The van der Waals surface area contributed by atoms with Crippen LogP contribution in [0.3, 0.4) is 0 Å². The van der Waals surface area contributed by atoms with Crippen molar-refractivity contribution in [2.45, 2.75) is 23.8 Å². The first kappa shape index (κ1) is 15.6. The van der Waals surface area contributed by atoms with E-state index in [1.54, 1.807) is 7.05 Å². The zero-order valence-corrected chi connectivity index (χ0v) is 13.3. The smallest absolute Gasteiger partial charge is 0.242 e. The number of hydrogen-bond donors (Lipinski definition) is 1. The average molecular weight is 318 g/mol. The van der Waals surface area contributed by atoms with E-state index in [4.69, 9.17) is 17.3 Å². The summed E-state index contributed by atoms with van der Waals surface area (Å²) in [4.78, 5) is 2.38. The molecule has 1 unspecified atom stereocenters. The molecule has 2 rings (SSSR count). The van der Waals surface area contributed by atoms with E-state index in [1.807, 2.05) is 7.05 Å². The maximum absolute atomic E-state index is 12.5. The molecule has 0 amide bonds. The van der Waals surface area contributed by atoms with Crippen molar-refractivity contribution >= 4 is 27.3 Å². The molecule has 2 N–H and O–H groups in total. The topological polar surface area (TPSA) is 66.6 Å². The van der Waals surface area contributed by atoms with E-state index < -0.39 is 10.0 Å². The molecule has 20 heavy (non-hydrogen) atoms. The zero-order chi connectivity index (χ0) is 14.9. The Bertz CT molecular complexity index is 591. The van der Waals surface area contributed by atoms with Crippen LogP contribution in [-0.4, -0.2) is 50.8 Å². The van der Waals surface area contributed by atoms with E-state index in [9.17, 15) is 8.42 Å². The summed E-state index contributed by atoms with van der Waals surface area (Å²) in [5, 5.41) is 0.262. The maximum Gasteiger partial charge on any atom is 0.242 e. The number of nitrogens with zero attached hydrogens (tertiary/aromatic N) is 2. The predicted octanol–water partition coefficient (Wildman–Crippen LogP) is 1.64. The van der Waals surface area contributed by atoms with Crippen LogP contribution >= 0.6 is 11.6 Å². The first-order chi connectivity index (χ1) is 9.32. The Morgan fingerprint density at radius 3 is 2.75 bits per heavy atom. The number of sulfonamides is 1. The van der Waals surface area contributed by atoms with Gasteiger partial charge in [0.15, 0.2) is 0 Å². The van der Waals surface area contributed by atoms with Crippen LogP contribution in [-0.2, 0) is 10.0 Å². The highest BCUT2D eigenvalue weighted by atomic mass is 35.5. The molecular weight excluding hydrogens is 298 g/mol. The molecule has 1 atom stereocenters. The van der Waals surface area contributed by atoms with Crippen molar-refractivity contribution < 1.29 is 8.42 Å². The molecule has 1 fully saturated rings. The fourth-order valence-corrected chi connectivity index (χ4v) is 3.93. The van der Waals surface area contributed by atoms with E-state index in [0.717, 1.165) is 19.4 Å². The monoisotopic (exact) mass is 317 g/mol. The molecule has 0 radical (unpaired) electrons. The molecular formula is C13H20ClN3O2S. The lowest BCUT2D eigenvalue weighted by Gasteiger charge is -2.25. The molecule has 5 nitrogen and oxygen atoms in total. The first-order valence-corrected chi connectivity index (χ1v) is 8.36. The summed E-state index contributed by atoms with van der Waals surface area (Å²) in [6.07, 6.45) is 2.14. The predicted molar refractivity (Wildman–Crippen MR) is 81.3 cm³/mol. The van der Waals surface area contributed by atoms with Crippen LogP contribution in [0.4, 0.5) is 5.69 Å². The lowest BCUT2D eigenvalue weighted by Crippen LogP contribution is -2.39. The number of nitrogen functional groups attached to an aromatic ring is 1. The highest BCUT2D eigenvalue weighted by molar-refractivity contribution is 7.89. The molecule has 1 saturated heterocycles. The fraction of sp³-hybridized carbons (Fsp3) is 0.538. The Balaban J connectivity index is 2.18. The van der Waals surface area contributed by atoms with E-state index in [0.29, 0.717) is 12.2 Å². The average Bonchev–Trinajstić information content (AvgIpc) is 2.78. The van der Waals surface area contributed by atoms with Crippen LogP contribution in [0.15, 0.2) is 23.1 Å². The molecule has 1 aromatic carbocycles. The second-order valence-electron chi connectivity index (χ2n) is 5.25. The highest BCUT2D eigenvalue weighted by Crippen LogP contribution is 2.25. The van der Waals surface area contributed by atoms with Crippen molar-refractivity contribution in [3.63, 3.8) is 0 Å². The fourth-order valence-electron chi connectivity index (χ4n) is 2.45. The van der Waals surface area contributed by atoms with Crippen LogP contribution in [0, 0.1) is 0 Å². The lowest BCUT2D eigenvalue weighted by atomic mass is 10.2. The second kappa shape index (κ2) is 5.89. The third kappa shape index (κ3) is 3.09. The van der Waals surface area contributed by atoms with E-state index in [2.05, 4.69) is 4.90 Å². The number of likely N-dealkylation sites (tertiary alicyclic amines) is 1. The van der Waals surface area contributed by atoms with Crippen LogP contribution in [0.5, 0.6) is 0 Å². The molecule has 0 saturated carbocycles. The quantitative estimate of drug-likeness (QED) is 0.857. The Hall–Kier alpha value is -0.820. The van der Waals surface area contributed by atoms with E-state index in [-0.39, 0.29) is 16.0 Å². The SMILES string of the molecule is CN1CCCC1CN(C)S(=O)(=O)c1ccc(N)c(Cl)c1. The third-order valence-electron chi connectivity index (χ3n) is 3.82. The Morgan fingerprint density at radius 1 is 1.50 bits per heavy atom. The minimum absolute atomic E-state index is 0.180. The second-order valence-corrected chi connectivity index (χ2v) is 7.70. The molecule has 0 bridgehead atoms. The Labute approximate surface area is 125 Å². The molecule has 0 aromatic heterocycles. The van der Waals surface area contributed by atoms with Crippen LogP contribution < -0.4 is 5.73 Å². The van der Waals surface area contributed by atoms with Gasteiger partial charge in [-0.25, -0.2) is 8.42 Å². The first-order valence-electron chi connectivity index (χ1n) is 6.54. The van der Waals surface area contributed by atoms with Crippen molar-refractivity contribution in [3.8, 4) is 0 Å². The summed E-state index contributed by atoms with van der Waals surface area (Å²) >= 11 is 5.90. The van der Waals surface area contributed by atoms with Crippen molar-refractivity contribution in [1.82, 2.24) is 9.21 Å².